The molecule has 0 aromatic heterocycles. The molecule has 6 aromatic rings. The van der Waals surface area contributed by atoms with Gasteiger partial charge in [-0.15, -0.1) is 0 Å². The second-order valence-electron chi connectivity index (χ2n) is 18.1. The van der Waals surface area contributed by atoms with Crippen molar-refractivity contribution in [2.45, 2.75) is 50.1 Å². The molecule has 0 radical (unpaired) electrons. The highest BCUT2D eigenvalue weighted by molar-refractivity contribution is 5.89. The van der Waals surface area contributed by atoms with Crippen LogP contribution in [0.15, 0.2) is 121 Å². The van der Waals surface area contributed by atoms with Gasteiger partial charge < -0.3 is 37.9 Å². The van der Waals surface area contributed by atoms with Crippen molar-refractivity contribution in [2.75, 3.05) is 28.4 Å². The molecule has 6 aromatic carbocycles. The lowest BCUT2D eigenvalue weighted by Crippen LogP contribution is -2.47. The lowest BCUT2D eigenvalue weighted by molar-refractivity contribution is -0.160. The highest BCUT2D eigenvalue weighted by Crippen LogP contribution is 2.61. The van der Waals surface area contributed by atoms with Crippen LogP contribution in [0.1, 0.15) is 90.4 Å². The smallest absolute Gasteiger partial charge is 0.310 e. The van der Waals surface area contributed by atoms with Crippen LogP contribution in [0.2, 0.25) is 0 Å². The van der Waals surface area contributed by atoms with Gasteiger partial charge >= 0.3 is 23.9 Å². The first kappa shape index (κ1) is 43.0. The summed E-state index contributed by atoms with van der Waals surface area (Å²) in [5.41, 5.74) is 11.1. The van der Waals surface area contributed by atoms with Gasteiger partial charge in [-0.3, -0.25) is 19.2 Å². The van der Waals surface area contributed by atoms with E-state index in [4.69, 9.17) is 37.9 Å². The van der Waals surface area contributed by atoms with E-state index in [-0.39, 0.29) is 26.4 Å². The van der Waals surface area contributed by atoms with Gasteiger partial charge in [0.2, 0.25) is 0 Å². The second-order valence-corrected chi connectivity index (χ2v) is 18.1. The Balaban J connectivity index is 0.950. The Hall–Kier alpha value is -7.60. The van der Waals surface area contributed by atoms with E-state index >= 15 is 0 Å². The van der Waals surface area contributed by atoms with E-state index in [2.05, 4.69) is 0 Å². The van der Waals surface area contributed by atoms with Gasteiger partial charge in [0, 0.05) is 23.7 Å². The van der Waals surface area contributed by atoms with Crippen LogP contribution in [0, 0.1) is 23.7 Å². The number of hydrogen-bond acceptors (Lipinski definition) is 12. The van der Waals surface area contributed by atoms with Crippen LogP contribution < -0.4 is 18.9 Å². The van der Waals surface area contributed by atoms with Crippen LogP contribution in [-0.4, -0.2) is 52.3 Å². The second kappa shape index (κ2) is 17.2. The summed E-state index contributed by atoms with van der Waals surface area (Å²) in [7, 11) is 5.39. The third-order valence-electron chi connectivity index (χ3n) is 14.7. The summed E-state index contributed by atoms with van der Waals surface area (Å²) >= 11 is 0. The number of fused-ring (bicyclic) bond motifs is 2. The zero-order valence-electron chi connectivity index (χ0n) is 37.9. The van der Waals surface area contributed by atoms with Crippen LogP contribution in [0.5, 0.6) is 23.0 Å². The van der Waals surface area contributed by atoms with Crippen molar-refractivity contribution in [1.29, 1.82) is 0 Å². The van der Waals surface area contributed by atoms with Crippen LogP contribution in [0.4, 0.5) is 0 Å². The van der Waals surface area contributed by atoms with E-state index in [1.165, 1.54) is 28.4 Å². The molecule has 0 spiro atoms. The van der Waals surface area contributed by atoms with Gasteiger partial charge in [-0.05, 0) is 115 Å². The topological polar surface area (TPSA) is 142 Å². The summed E-state index contributed by atoms with van der Waals surface area (Å²) in [4.78, 5) is 54.5. The van der Waals surface area contributed by atoms with E-state index in [0.29, 0.717) is 23.0 Å². The first-order chi connectivity index (χ1) is 33.2. The Labute approximate surface area is 393 Å². The van der Waals surface area contributed by atoms with Gasteiger partial charge in [-0.1, -0.05) is 72.8 Å². The molecule has 0 saturated heterocycles. The highest BCUT2D eigenvalue weighted by atomic mass is 16.5. The average molecular weight is 913 g/mol. The van der Waals surface area contributed by atoms with Crippen molar-refractivity contribution < 1.29 is 57.1 Å². The van der Waals surface area contributed by atoms with Gasteiger partial charge in [0.05, 0.1) is 52.1 Å². The Morgan fingerprint density at radius 1 is 0.324 bits per heavy atom. The number of benzene rings is 6. The fourth-order valence-corrected chi connectivity index (χ4v) is 11.6. The van der Waals surface area contributed by atoms with E-state index in [9.17, 15) is 19.2 Å². The van der Waals surface area contributed by atoms with E-state index in [1.54, 1.807) is 0 Å². The third kappa shape index (κ3) is 7.12. The molecular formula is C56H48O12. The summed E-state index contributed by atoms with van der Waals surface area (Å²) in [6.45, 7) is 1.15. The standard InChI is InChI=1S/C56H48O12/c1-61-53(57)49-45-37-17-13-34-22-42(37)46(50(49)54(58)62-2)38-18-14-33(21-41(38)45)65-25-29-5-7-31(8-6-29)27-67-35-15-19-39-43(23-35)47-40-20-16-36(68-28-32-11-9-30(10-12-32)26-66-34)24-44(40)48(39)52(56(60)64-4)51(47)55(59)63-3/h5-24,45-52H,25-28H2,1-4H3/t45-,46-,47-,48-,49-,50-,51-,52-/m1/s1. The zero-order chi connectivity index (χ0) is 46.8. The number of hydrogen-bond donors (Lipinski definition) is 0. The fourth-order valence-electron chi connectivity index (χ4n) is 11.6. The Bertz CT molecular complexity index is 2590. The molecule has 0 unspecified atom stereocenters. The van der Waals surface area contributed by atoms with Crippen LogP contribution >= 0.6 is 0 Å². The molecule has 0 fully saturated rings. The Morgan fingerprint density at radius 2 is 0.529 bits per heavy atom. The molecule has 0 N–H and O–H groups in total. The maximum atomic E-state index is 13.6. The lowest BCUT2D eigenvalue weighted by Gasteiger charge is -2.48. The summed E-state index contributed by atoms with van der Waals surface area (Å²) in [5, 5.41) is 0. The Kier molecular flexibility index (Phi) is 10.9. The SMILES string of the molecule is COC(=O)[C@@H]1[C@@H]2c3ccc4cc3[C@@H](c3ccc(cc32)OCc2ccc(cc2)COc2ccc3c(c2)[C@H]2c5ccc(cc5[C@@H]3[C@@H](C(=O)OC)[C@@H]2C(=O)OC)OCc2ccc(cc2)CO4)[C@H]1C(=O)OC. The first-order valence-electron chi connectivity index (χ1n) is 22.7. The predicted molar refractivity (Wildman–Crippen MR) is 245 cm³/mol. The molecule has 8 atom stereocenters. The largest absolute Gasteiger partial charge is 0.489 e. The van der Waals surface area contributed by atoms with Crippen molar-refractivity contribution in [3.05, 3.63) is 188 Å². The summed E-state index contributed by atoms with van der Waals surface area (Å²) < 4.78 is 46.9. The molecule has 14 aliphatic heterocycles. The molecule has 6 aliphatic carbocycles. The molecule has 0 saturated carbocycles. The van der Waals surface area contributed by atoms with Crippen LogP contribution in [0.3, 0.4) is 0 Å². The van der Waals surface area contributed by atoms with Crippen molar-refractivity contribution >= 4 is 23.9 Å². The molecule has 12 heteroatoms. The quantitative estimate of drug-likeness (QED) is 0.123. The minimum Gasteiger partial charge on any atom is -0.489 e. The van der Waals surface area contributed by atoms with Crippen molar-refractivity contribution in [1.82, 2.24) is 0 Å². The third-order valence-corrected chi connectivity index (χ3v) is 14.7. The van der Waals surface area contributed by atoms with E-state index < -0.39 is 71.2 Å². The number of carbonyl (C=O) groups is 4. The van der Waals surface area contributed by atoms with Crippen LogP contribution in [-0.2, 0) is 64.6 Å². The molecule has 0 amide bonds. The zero-order valence-corrected chi connectivity index (χ0v) is 37.9. The molecule has 14 heterocycles. The van der Waals surface area contributed by atoms with Gasteiger partial charge in [-0.25, -0.2) is 0 Å². The monoisotopic (exact) mass is 912 g/mol. The van der Waals surface area contributed by atoms with Crippen molar-refractivity contribution in [3.63, 3.8) is 0 Å². The molecule has 20 bridgehead atoms. The number of carbonyl (C=O) groups excluding carboxylic acids is 4. The summed E-state index contributed by atoms with van der Waals surface area (Å²) in [6, 6.07) is 39.5. The lowest BCUT2D eigenvalue weighted by atomic mass is 9.54. The minimum atomic E-state index is -0.806. The molecule has 20 aliphatic rings. The average Bonchev–Trinajstić information content (AvgIpc) is 3.39. The van der Waals surface area contributed by atoms with Gasteiger partial charge in [-0.2, -0.15) is 0 Å². The van der Waals surface area contributed by atoms with E-state index in [0.717, 1.165) is 66.8 Å². The maximum Gasteiger partial charge on any atom is 0.310 e. The summed E-state index contributed by atoms with van der Waals surface area (Å²) in [5.74, 6) is -4.58. The molecule has 12 nitrogen and oxygen atoms in total. The number of esters is 4. The molecule has 68 heavy (non-hydrogen) atoms. The van der Waals surface area contributed by atoms with Gasteiger partial charge in [0.25, 0.3) is 0 Å². The van der Waals surface area contributed by atoms with Crippen LogP contribution in [0.25, 0.3) is 0 Å². The fraction of sp³-hybridized carbons (Fsp3) is 0.286. The Morgan fingerprint density at radius 3 is 0.721 bits per heavy atom. The van der Waals surface area contributed by atoms with Gasteiger partial charge in [0.15, 0.2) is 0 Å². The summed E-state index contributed by atoms with van der Waals surface area (Å²) in [6.07, 6.45) is 0. The van der Waals surface area contributed by atoms with Crippen molar-refractivity contribution in [2.24, 2.45) is 23.7 Å². The first-order valence-corrected chi connectivity index (χ1v) is 22.7. The number of ether oxygens (including phenoxy) is 8. The minimum absolute atomic E-state index is 0.287. The molecule has 344 valence electrons. The normalized spacial score (nSPS) is 23.5. The predicted octanol–water partition coefficient (Wildman–Crippen LogP) is 8.65. The van der Waals surface area contributed by atoms with E-state index in [1.807, 2.05) is 121 Å². The molecule has 26 rings (SSSR count). The van der Waals surface area contributed by atoms with Gasteiger partial charge in [0.1, 0.15) is 49.4 Å². The number of methoxy groups -OCH3 is 4. The molecular weight excluding hydrogens is 865 g/mol. The highest BCUT2D eigenvalue weighted by Gasteiger charge is 2.58. The number of rotatable bonds is 4. The maximum absolute atomic E-state index is 13.6. The van der Waals surface area contributed by atoms with Crippen molar-refractivity contribution in [3.8, 4) is 23.0 Å².